The van der Waals surface area contributed by atoms with E-state index in [1.54, 1.807) is 26.1 Å². The van der Waals surface area contributed by atoms with Crippen molar-refractivity contribution in [3.8, 4) is 0 Å². The summed E-state index contributed by atoms with van der Waals surface area (Å²) in [5.74, 6) is 0.251. The Morgan fingerprint density at radius 2 is 1.45 bits per heavy atom. The van der Waals surface area contributed by atoms with Crippen LogP contribution in [0.4, 0.5) is 0 Å². The van der Waals surface area contributed by atoms with Gasteiger partial charge in [0.15, 0.2) is 11.1 Å². The molecule has 0 spiro atoms. The molecule has 0 bridgehead atoms. The molecular weight excluding hydrogens is 469 g/mol. The Balaban J connectivity index is 0. The molecule has 1 saturated heterocycles. The molecule has 1 radical (unpaired) electrons. The Kier molecular flexibility index (Phi) is 15.3. The molecule has 1 fully saturated rings. The molecule has 0 aromatic carbocycles. The Labute approximate surface area is 210 Å². The number of nitrogens with zero attached hydrogens (tertiary/aromatic N) is 4. The van der Waals surface area contributed by atoms with Crippen molar-refractivity contribution in [2.45, 2.75) is 71.2 Å². The number of rotatable bonds is 5. The molecule has 33 heavy (non-hydrogen) atoms. The van der Waals surface area contributed by atoms with Gasteiger partial charge in [-0.2, -0.15) is 0 Å². The molecule has 193 valence electrons. The van der Waals surface area contributed by atoms with Crippen LogP contribution in [0.25, 0.3) is 0 Å². The Hall–Kier alpha value is -1.29. The van der Waals surface area contributed by atoms with Crippen molar-refractivity contribution in [3.05, 3.63) is 40.9 Å². The maximum absolute atomic E-state index is 12.3. The Morgan fingerprint density at radius 1 is 1.00 bits per heavy atom. The fraction of sp³-hybridized carbons (Fsp3) is 0.739. The van der Waals surface area contributed by atoms with E-state index in [0.717, 1.165) is 22.9 Å². The predicted molar refractivity (Wildman–Crippen MR) is 129 cm³/mol. The third kappa shape index (κ3) is 10.7. The van der Waals surface area contributed by atoms with Gasteiger partial charge in [-0.1, -0.05) is 11.0 Å². The number of hydrogen-bond acceptors (Lipinski definition) is 8. The van der Waals surface area contributed by atoms with Crippen LogP contribution in [0.15, 0.2) is 35.9 Å². The first-order valence-corrected chi connectivity index (χ1v) is 11.0. The third-order valence-electron chi connectivity index (χ3n) is 5.55. The third-order valence-corrected chi connectivity index (χ3v) is 5.55. The van der Waals surface area contributed by atoms with E-state index in [0.29, 0.717) is 12.1 Å². The molecule has 0 amide bonds. The number of allylic oxidation sites excluding steroid dienone is 3. The van der Waals surface area contributed by atoms with Gasteiger partial charge in [-0.25, -0.2) is 5.21 Å². The van der Waals surface area contributed by atoms with Gasteiger partial charge in [0, 0.05) is 19.3 Å². The molecule has 0 aromatic heterocycles. The zero-order valence-corrected chi connectivity index (χ0v) is 22.9. The van der Waals surface area contributed by atoms with E-state index in [9.17, 15) is 10.1 Å². The minimum Gasteiger partial charge on any atom is -0.393 e. The molecule has 2 unspecified atom stereocenters. The number of dihydropyridines is 1. The Morgan fingerprint density at radius 3 is 1.70 bits per heavy atom. The molecule has 2 atom stereocenters. The monoisotopic (exact) mass is 514 g/mol. The summed E-state index contributed by atoms with van der Waals surface area (Å²) >= 11 is 0. The van der Waals surface area contributed by atoms with E-state index >= 15 is 0 Å². The minimum absolute atomic E-state index is 0. The average molecular weight is 515 g/mol. The van der Waals surface area contributed by atoms with E-state index in [1.165, 1.54) is 0 Å². The quantitative estimate of drug-likeness (QED) is 0.327. The number of aliphatic hydroxyl groups is 2. The van der Waals surface area contributed by atoms with Crippen molar-refractivity contribution in [2.75, 3.05) is 41.3 Å². The summed E-state index contributed by atoms with van der Waals surface area (Å²) in [4.78, 5) is 16.7. The summed E-state index contributed by atoms with van der Waals surface area (Å²) in [5, 5.41) is 31.4. The smallest absolute Gasteiger partial charge is 0.393 e. The van der Waals surface area contributed by atoms with Gasteiger partial charge in [0.05, 0.1) is 12.2 Å². The molecule has 2 aliphatic heterocycles. The summed E-state index contributed by atoms with van der Waals surface area (Å²) in [6, 6.07) is 0. The Bertz CT molecular complexity index is 672. The van der Waals surface area contributed by atoms with Gasteiger partial charge >= 0.3 is 22.3 Å². The second kappa shape index (κ2) is 14.9. The van der Waals surface area contributed by atoms with E-state index in [2.05, 4.69) is 43.3 Å². The zero-order chi connectivity index (χ0) is 25.3. The number of nitrogens with one attached hydrogen (secondary N) is 1. The minimum atomic E-state index is -0.708. The first kappa shape index (κ1) is 33.9. The predicted octanol–water partition coefficient (Wildman–Crippen LogP) is 2.11. The first-order valence-electron chi connectivity index (χ1n) is 11.0. The molecule has 2 aliphatic rings. The van der Waals surface area contributed by atoms with Gasteiger partial charge in [-0.3, -0.25) is 0 Å². The fourth-order valence-corrected chi connectivity index (χ4v) is 2.77. The van der Waals surface area contributed by atoms with Gasteiger partial charge in [0.2, 0.25) is 0 Å². The van der Waals surface area contributed by atoms with Gasteiger partial charge in [-0.15, -0.1) is 5.06 Å². The molecule has 0 aliphatic carbocycles. The van der Waals surface area contributed by atoms with E-state index in [1.807, 2.05) is 39.8 Å². The largest absolute Gasteiger partial charge is 3.00 e. The fourth-order valence-electron chi connectivity index (χ4n) is 2.77. The van der Waals surface area contributed by atoms with Crippen molar-refractivity contribution in [2.24, 2.45) is 0 Å². The van der Waals surface area contributed by atoms with Crippen LogP contribution < -0.4 is 5.32 Å². The standard InChI is InChI=1S/C12H18N3O2.C6H16N2.C5H12O2.Ni/c1-11(2)12(3,4)15(17)10(14(11)16)9-7-5-6-8-13-9;1-7(2)5-6-8(3)4;1-4(6)3-5(2)7;/h5-8,13,16H,1-4H3;5-6H2,1-4H3;4-7H,3H2,1-2H3;/q+1;;;+3. The molecular formula is C23H46N5NiO4+4. The number of likely N-dealkylation sites (N-methyl/N-ethyl adjacent to an activating group) is 2. The van der Waals surface area contributed by atoms with Crippen LogP contribution in [-0.2, 0) is 16.5 Å². The van der Waals surface area contributed by atoms with E-state index in [-0.39, 0.29) is 34.5 Å². The maximum atomic E-state index is 12.3. The zero-order valence-electron chi connectivity index (χ0n) is 21.9. The number of nitroso groups, excluding NO2 is 1. The van der Waals surface area contributed by atoms with Crippen LogP contribution in [0, 0.1) is 4.91 Å². The molecule has 9 nitrogen and oxygen atoms in total. The summed E-state index contributed by atoms with van der Waals surface area (Å²) in [5.41, 5.74) is -0.766. The normalized spacial score (nSPS) is 22.0. The van der Waals surface area contributed by atoms with E-state index in [4.69, 9.17) is 10.2 Å². The van der Waals surface area contributed by atoms with Gasteiger partial charge < -0.3 is 25.3 Å². The first-order chi connectivity index (χ1) is 14.6. The van der Waals surface area contributed by atoms with Crippen molar-refractivity contribution >= 4 is 0 Å². The van der Waals surface area contributed by atoms with Crippen molar-refractivity contribution in [1.29, 1.82) is 0 Å². The van der Waals surface area contributed by atoms with Crippen molar-refractivity contribution in [3.63, 3.8) is 0 Å². The summed E-state index contributed by atoms with van der Waals surface area (Å²) in [6.07, 6.45) is 6.86. The van der Waals surface area contributed by atoms with Gasteiger partial charge in [-0.05, 0) is 93.1 Å². The van der Waals surface area contributed by atoms with Gasteiger partial charge in [0.25, 0.3) is 0 Å². The van der Waals surface area contributed by atoms with Crippen LogP contribution in [0.5, 0.6) is 0 Å². The molecule has 0 aromatic rings. The molecule has 0 saturated carbocycles. The van der Waals surface area contributed by atoms with Crippen molar-refractivity contribution < 1.29 is 36.7 Å². The number of hydrogen-bond donors (Lipinski definition) is 4. The summed E-state index contributed by atoms with van der Waals surface area (Å²) in [7, 11) is 8.35. The van der Waals surface area contributed by atoms with E-state index < -0.39 is 11.1 Å². The second-order valence-corrected chi connectivity index (χ2v) is 9.86. The number of aliphatic hydroxyl groups excluding tert-OH is 2. The van der Waals surface area contributed by atoms with Crippen LogP contribution in [-0.4, -0.2) is 99.6 Å². The maximum Gasteiger partial charge on any atom is 3.00 e. The van der Waals surface area contributed by atoms with Crippen LogP contribution in [0.3, 0.4) is 0 Å². The topological polar surface area (TPSA) is 103 Å². The SMILES string of the molecule is CC(O)CC(C)O.CC1(C)N(O)C(=C2C=CC=CN2)[N+](=O)C1(C)C.CN(C)CCN(C)C.[Ni+3]. The van der Waals surface area contributed by atoms with Crippen LogP contribution >= 0.6 is 0 Å². The second-order valence-electron chi connectivity index (χ2n) is 9.86. The average Bonchev–Trinajstić information content (AvgIpc) is 2.78. The molecule has 2 rings (SSSR count). The molecule has 10 heteroatoms. The number of hydroxylamine groups is 2. The summed E-state index contributed by atoms with van der Waals surface area (Å²) in [6.45, 7) is 12.9. The summed E-state index contributed by atoms with van der Waals surface area (Å²) < 4.78 is 0.860. The van der Waals surface area contributed by atoms with Crippen molar-refractivity contribution in [1.82, 2.24) is 20.2 Å². The molecule has 4 N–H and O–H groups in total. The molecule has 2 heterocycles. The van der Waals surface area contributed by atoms with Crippen LogP contribution in [0.1, 0.15) is 48.0 Å². The van der Waals surface area contributed by atoms with Crippen LogP contribution in [0.2, 0.25) is 0 Å². The van der Waals surface area contributed by atoms with Gasteiger partial charge in [0.1, 0.15) is 5.70 Å².